The highest BCUT2D eigenvalue weighted by molar-refractivity contribution is 5.69. The lowest BCUT2D eigenvalue weighted by Gasteiger charge is -2.35. The van der Waals surface area contributed by atoms with E-state index in [1.54, 1.807) is 14.7 Å². The zero-order valence-corrected chi connectivity index (χ0v) is 17.4. The Morgan fingerprint density at radius 3 is 2.36 bits per heavy atom. The van der Waals surface area contributed by atoms with Gasteiger partial charge >= 0.3 is 5.97 Å². The van der Waals surface area contributed by atoms with E-state index in [4.69, 9.17) is 4.74 Å². The average molecular weight is 389 g/mol. The van der Waals surface area contributed by atoms with Crippen LogP contribution in [0.4, 0.5) is 0 Å². The minimum atomic E-state index is 0.0379. The summed E-state index contributed by atoms with van der Waals surface area (Å²) in [6, 6.07) is 12.2. The second-order valence-electron chi connectivity index (χ2n) is 9.32. The van der Waals surface area contributed by atoms with E-state index in [9.17, 15) is 4.79 Å². The molecule has 0 saturated carbocycles. The van der Waals surface area contributed by atoms with Crippen molar-refractivity contribution >= 4 is 5.97 Å². The molecule has 4 atom stereocenters. The van der Waals surface area contributed by atoms with Crippen LogP contribution in [0.15, 0.2) is 30.3 Å². The van der Waals surface area contributed by atoms with Crippen molar-refractivity contribution in [2.45, 2.75) is 56.7 Å². The molecule has 154 valence electrons. The fraction of sp³-hybridized carbons (Fsp3) is 0.696. The maximum Gasteiger partial charge on any atom is 0.311 e. The van der Waals surface area contributed by atoms with Gasteiger partial charge in [-0.15, -0.1) is 0 Å². The predicted octanol–water partition coefficient (Wildman–Crippen LogP) is -1.85. The van der Waals surface area contributed by atoms with Gasteiger partial charge in [0.15, 0.2) is 0 Å². The Morgan fingerprint density at radius 2 is 1.68 bits per heavy atom. The number of nitrogens with one attached hydrogen (secondary N) is 3. The van der Waals surface area contributed by atoms with Crippen molar-refractivity contribution < 1.29 is 24.2 Å². The van der Waals surface area contributed by atoms with E-state index in [-0.39, 0.29) is 12.1 Å². The Kier molecular flexibility index (Phi) is 6.65. The van der Waals surface area contributed by atoms with E-state index in [1.807, 2.05) is 0 Å². The molecule has 0 aliphatic carbocycles. The van der Waals surface area contributed by atoms with Crippen LogP contribution >= 0.6 is 0 Å². The van der Waals surface area contributed by atoms with Gasteiger partial charge in [0.2, 0.25) is 0 Å². The summed E-state index contributed by atoms with van der Waals surface area (Å²) in [7, 11) is 2.26. The predicted molar refractivity (Wildman–Crippen MR) is 109 cm³/mol. The van der Waals surface area contributed by atoms with Crippen molar-refractivity contribution in [2.24, 2.45) is 0 Å². The fourth-order valence-electron chi connectivity index (χ4n) is 5.62. The van der Waals surface area contributed by atoms with Crippen molar-refractivity contribution in [3.8, 4) is 0 Å². The molecule has 2 bridgehead atoms. The van der Waals surface area contributed by atoms with Gasteiger partial charge < -0.3 is 19.4 Å². The third-order valence-corrected chi connectivity index (χ3v) is 7.34. The first-order valence-electron chi connectivity index (χ1n) is 11.4. The third-order valence-electron chi connectivity index (χ3n) is 7.34. The van der Waals surface area contributed by atoms with Crippen LogP contribution in [-0.2, 0) is 16.0 Å². The number of quaternary nitrogens is 3. The number of hydrogen-bond acceptors (Lipinski definition) is 2. The zero-order valence-electron chi connectivity index (χ0n) is 17.4. The Bertz CT molecular complexity index is 616. The second-order valence-corrected chi connectivity index (χ2v) is 9.32. The van der Waals surface area contributed by atoms with Crippen LogP contribution < -0.4 is 14.7 Å². The van der Waals surface area contributed by atoms with Gasteiger partial charge in [-0.05, 0) is 5.56 Å². The number of likely N-dealkylation sites (N-methyl/N-ethyl adjacent to an activating group) is 1. The number of ether oxygens (including phenoxy) is 1. The Labute approximate surface area is 169 Å². The Balaban J connectivity index is 1.19. The van der Waals surface area contributed by atoms with Gasteiger partial charge in [-0.2, -0.15) is 0 Å². The minimum Gasteiger partial charge on any atom is -0.462 e. The molecule has 0 aromatic heterocycles. The van der Waals surface area contributed by atoms with Crippen LogP contribution in [0, 0.1) is 0 Å². The molecule has 5 heteroatoms. The summed E-state index contributed by atoms with van der Waals surface area (Å²) in [6.45, 7) is 6.98. The number of carbonyl (C=O) groups is 1. The number of hydrogen-bond donors (Lipinski definition) is 3. The first-order valence-corrected chi connectivity index (χ1v) is 11.4. The minimum absolute atomic E-state index is 0.0379. The molecule has 2 unspecified atom stereocenters. The molecule has 0 spiro atoms. The first-order chi connectivity index (χ1) is 13.7. The Morgan fingerprint density at radius 1 is 1.00 bits per heavy atom. The molecule has 3 N–H and O–H groups in total. The number of piperazine rings is 1. The van der Waals surface area contributed by atoms with Gasteiger partial charge in [0.05, 0.1) is 38.6 Å². The van der Waals surface area contributed by atoms with E-state index >= 15 is 0 Å². The fourth-order valence-corrected chi connectivity index (χ4v) is 5.62. The normalized spacial score (nSPS) is 34.9. The Hall–Kier alpha value is -1.43. The molecule has 3 heterocycles. The number of rotatable bonds is 7. The van der Waals surface area contributed by atoms with Gasteiger partial charge in [-0.1, -0.05) is 30.3 Å². The molecule has 5 nitrogen and oxygen atoms in total. The summed E-state index contributed by atoms with van der Waals surface area (Å²) < 4.78 is 5.92. The molecule has 3 fully saturated rings. The quantitative estimate of drug-likeness (QED) is 0.480. The molecule has 28 heavy (non-hydrogen) atoms. The molecule has 3 aliphatic rings. The molecule has 1 aromatic rings. The highest BCUT2D eigenvalue weighted by atomic mass is 16.5. The number of esters is 1. The highest BCUT2D eigenvalue weighted by Gasteiger charge is 2.45. The molecule has 0 radical (unpaired) electrons. The first kappa shape index (κ1) is 19.9. The maximum atomic E-state index is 12.4. The summed E-state index contributed by atoms with van der Waals surface area (Å²) in [4.78, 5) is 17.3. The van der Waals surface area contributed by atoms with Crippen LogP contribution in [0.3, 0.4) is 0 Å². The average Bonchev–Trinajstić information content (AvgIpc) is 2.95. The van der Waals surface area contributed by atoms with E-state index in [2.05, 4.69) is 37.4 Å². The van der Waals surface area contributed by atoms with Crippen LogP contribution in [0.2, 0.25) is 0 Å². The van der Waals surface area contributed by atoms with Gasteiger partial charge in [0, 0.05) is 32.1 Å². The van der Waals surface area contributed by atoms with E-state index in [0.717, 1.165) is 25.8 Å². The summed E-state index contributed by atoms with van der Waals surface area (Å²) >= 11 is 0. The van der Waals surface area contributed by atoms with Crippen molar-refractivity contribution in [3.05, 3.63) is 35.9 Å². The molecular weight excluding hydrogens is 350 g/mol. The monoisotopic (exact) mass is 388 g/mol. The van der Waals surface area contributed by atoms with Gasteiger partial charge in [0.25, 0.3) is 0 Å². The van der Waals surface area contributed by atoms with E-state index in [0.29, 0.717) is 18.5 Å². The molecule has 4 rings (SSSR count). The second kappa shape index (κ2) is 9.38. The molecule has 1 aromatic carbocycles. The lowest BCUT2D eigenvalue weighted by Crippen LogP contribution is -3.27. The maximum absolute atomic E-state index is 12.4. The summed E-state index contributed by atoms with van der Waals surface area (Å²) in [6.07, 6.45) is 6.65. The van der Waals surface area contributed by atoms with Gasteiger partial charge in [-0.25, -0.2) is 0 Å². The SMILES string of the molecule is C[NH+]1CC[NH+](CCC(=O)OC2C[C@H]3CC[C@@H](C2)[NH+]3CCc2ccccc2)CC1. The van der Waals surface area contributed by atoms with Crippen molar-refractivity contribution in [2.75, 3.05) is 46.3 Å². The molecular formula is C23H38N3O2+3. The number of benzene rings is 1. The standard InChI is InChI=1S/C23H35N3O2/c1-24-13-15-25(16-14-24)11-10-23(27)28-22-17-20-7-8-21(18-22)26(20)12-9-19-5-3-2-4-6-19/h2-6,20-22H,7-18H2,1H3/p+3/t20-,21+,22?. The topological polar surface area (TPSA) is 39.6 Å². The largest absolute Gasteiger partial charge is 0.462 e. The van der Waals surface area contributed by atoms with Crippen molar-refractivity contribution in [1.29, 1.82) is 0 Å². The van der Waals surface area contributed by atoms with Crippen LogP contribution in [0.1, 0.15) is 37.7 Å². The lowest BCUT2D eigenvalue weighted by molar-refractivity contribution is -1.00. The lowest BCUT2D eigenvalue weighted by atomic mass is 9.98. The number of carbonyl (C=O) groups excluding carboxylic acids is 1. The van der Waals surface area contributed by atoms with Crippen LogP contribution in [0.25, 0.3) is 0 Å². The molecule has 3 aliphatic heterocycles. The smallest absolute Gasteiger partial charge is 0.311 e. The molecule has 0 amide bonds. The van der Waals surface area contributed by atoms with Crippen molar-refractivity contribution in [1.82, 2.24) is 0 Å². The van der Waals surface area contributed by atoms with E-state index in [1.165, 1.54) is 51.1 Å². The van der Waals surface area contributed by atoms with Gasteiger partial charge in [-0.3, -0.25) is 4.79 Å². The van der Waals surface area contributed by atoms with Crippen molar-refractivity contribution in [3.63, 3.8) is 0 Å². The third kappa shape index (κ3) is 5.13. The van der Waals surface area contributed by atoms with Gasteiger partial charge in [0.1, 0.15) is 32.3 Å². The molecule has 3 saturated heterocycles. The highest BCUT2D eigenvalue weighted by Crippen LogP contribution is 2.25. The summed E-state index contributed by atoms with van der Waals surface area (Å²) in [5, 5.41) is 0. The van der Waals surface area contributed by atoms with E-state index < -0.39 is 0 Å². The zero-order chi connectivity index (χ0) is 19.3. The summed E-state index contributed by atoms with van der Waals surface area (Å²) in [5.41, 5.74) is 1.44. The van der Waals surface area contributed by atoms with Crippen LogP contribution in [-0.4, -0.2) is 70.5 Å². The number of piperidine rings is 1. The number of fused-ring (bicyclic) bond motifs is 2. The van der Waals surface area contributed by atoms with Crippen LogP contribution in [0.5, 0.6) is 0 Å². The summed E-state index contributed by atoms with van der Waals surface area (Å²) in [5.74, 6) is 0.0379.